The molecule has 8 heteroatoms. The highest BCUT2D eigenvalue weighted by Gasteiger charge is 2.20. The van der Waals surface area contributed by atoms with Gasteiger partial charge in [0, 0.05) is 16.7 Å². The van der Waals surface area contributed by atoms with Crippen molar-refractivity contribution in [2.24, 2.45) is 0 Å². The minimum absolute atomic E-state index is 0.266. The SMILES string of the molecule is CCOc1ccc2oc(C(=O)Nc3nnc(SCc4ccccc4)s3)c(C)c2c1. The van der Waals surface area contributed by atoms with Crippen LogP contribution in [0.5, 0.6) is 5.75 Å². The smallest absolute Gasteiger partial charge is 0.293 e. The van der Waals surface area contributed by atoms with Gasteiger partial charge >= 0.3 is 0 Å². The van der Waals surface area contributed by atoms with Crippen LogP contribution in [0.1, 0.15) is 28.6 Å². The molecule has 0 fully saturated rings. The number of thioether (sulfide) groups is 1. The maximum absolute atomic E-state index is 12.7. The Morgan fingerprint density at radius 3 is 2.83 bits per heavy atom. The molecule has 4 aromatic rings. The molecule has 1 N–H and O–H groups in total. The van der Waals surface area contributed by atoms with Crippen molar-refractivity contribution in [3.63, 3.8) is 0 Å². The van der Waals surface area contributed by atoms with Crippen molar-refractivity contribution >= 4 is 45.1 Å². The molecule has 2 aromatic heterocycles. The van der Waals surface area contributed by atoms with Crippen LogP contribution in [0.25, 0.3) is 11.0 Å². The summed E-state index contributed by atoms with van der Waals surface area (Å²) in [5.41, 5.74) is 2.62. The van der Waals surface area contributed by atoms with Gasteiger partial charge in [-0.05, 0) is 37.6 Å². The number of carbonyl (C=O) groups is 1. The van der Waals surface area contributed by atoms with E-state index in [4.69, 9.17) is 9.15 Å². The molecule has 2 aromatic carbocycles. The predicted molar refractivity (Wildman–Crippen MR) is 116 cm³/mol. The Bertz CT molecular complexity index is 1140. The van der Waals surface area contributed by atoms with E-state index in [0.29, 0.717) is 17.3 Å². The summed E-state index contributed by atoms with van der Waals surface area (Å²) in [5.74, 6) is 1.48. The quantitative estimate of drug-likeness (QED) is 0.310. The monoisotopic (exact) mass is 425 g/mol. The van der Waals surface area contributed by atoms with Crippen molar-refractivity contribution in [1.82, 2.24) is 10.2 Å². The van der Waals surface area contributed by atoms with Crippen LogP contribution in [0.15, 0.2) is 57.3 Å². The number of aromatic nitrogens is 2. The van der Waals surface area contributed by atoms with E-state index in [1.165, 1.54) is 16.9 Å². The average molecular weight is 426 g/mol. The van der Waals surface area contributed by atoms with Crippen LogP contribution in [0, 0.1) is 6.92 Å². The molecule has 0 saturated carbocycles. The van der Waals surface area contributed by atoms with Crippen molar-refractivity contribution < 1.29 is 13.9 Å². The molecule has 2 heterocycles. The molecule has 0 atom stereocenters. The van der Waals surface area contributed by atoms with Crippen LogP contribution in [0.3, 0.4) is 0 Å². The highest BCUT2D eigenvalue weighted by molar-refractivity contribution is 8.00. The molecule has 0 unspecified atom stereocenters. The lowest BCUT2D eigenvalue weighted by atomic mass is 10.1. The van der Waals surface area contributed by atoms with E-state index in [-0.39, 0.29) is 11.7 Å². The fourth-order valence-electron chi connectivity index (χ4n) is 2.86. The normalized spacial score (nSPS) is 11.0. The molecule has 0 spiro atoms. The highest BCUT2D eigenvalue weighted by Crippen LogP contribution is 2.31. The number of rotatable bonds is 7. The van der Waals surface area contributed by atoms with Crippen LogP contribution in [-0.2, 0) is 5.75 Å². The second-order valence-electron chi connectivity index (χ2n) is 6.25. The van der Waals surface area contributed by atoms with E-state index < -0.39 is 0 Å². The maximum atomic E-state index is 12.7. The molecule has 0 bridgehead atoms. The lowest BCUT2D eigenvalue weighted by Crippen LogP contribution is -2.11. The largest absolute Gasteiger partial charge is 0.494 e. The Labute approximate surface area is 176 Å². The molecule has 6 nitrogen and oxygen atoms in total. The van der Waals surface area contributed by atoms with Crippen LogP contribution >= 0.6 is 23.1 Å². The summed E-state index contributed by atoms with van der Waals surface area (Å²) < 4.78 is 12.1. The number of nitrogens with one attached hydrogen (secondary N) is 1. The molecule has 0 aliphatic carbocycles. The number of fused-ring (bicyclic) bond motifs is 1. The molecule has 0 aliphatic rings. The zero-order valence-corrected chi connectivity index (χ0v) is 17.6. The number of nitrogens with zero attached hydrogens (tertiary/aromatic N) is 2. The molecule has 29 heavy (non-hydrogen) atoms. The number of furan rings is 1. The molecular weight excluding hydrogens is 406 g/mol. The number of amides is 1. The van der Waals surface area contributed by atoms with Gasteiger partial charge in [-0.15, -0.1) is 10.2 Å². The van der Waals surface area contributed by atoms with Crippen LogP contribution in [-0.4, -0.2) is 22.7 Å². The third-order valence-electron chi connectivity index (χ3n) is 4.26. The maximum Gasteiger partial charge on any atom is 0.293 e. The van der Waals surface area contributed by atoms with E-state index in [9.17, 15) is 4.79 Å². The number of ether oxygens (including phenoxy) is 1. The predicted octanol–water partition coefficient (Wildman–Crippen LogP) is 5.54. The van der Waals surface area contributed by atoms with Crippen LogP contribution in [0.2, 0.25) is 0 Å². The number of hydrogen-bond donors (Lipinski definition) is 1. The van der Waals surface area contributed by atoms with Gasteiger partial charge in [-0.25, -0.2) is 0 Å². The van der Waals surface area contributed by atoms with Gasteiger partial charge in [0.2, 0.25) is 5.13 Å². The first-order chi connectivity index (χ1) is 14.1. The molecular formula is C21H19N3O3S2. The molecule has 0 radical (unpaired) electrons. The van der Waals surface area contributed by atoms with E-state index >= 15 is 0 Å². The standard InChI is InChI=1S/C21H19N3O3S2/c1-3-26-15-9-10-17-16(11-15)13(2)18(27-17)19(25)22-20-23-24-21(29-20)28-12-14-7-5-4-6-8-14/h4-11H,3,12H2,1-2H3,(H,22,23,25). The highest BCUT2D eigenvalue weighted by atomic mass is 32.2. The second-order valence-corrected chi connectivity index (χ2v) is 8.45. The Kier molecular flexibility index (Phi) is 5.82. The first kappa shape index (κ1) is 19.5. The summed E-state index contributed by atoms with van der Waals surface area (Å²) in [6.45, 7) is 4.37. The lowest BCUT2D eigenvalue weighted by molar-refractivity contribution is 0.0998. The number of anilines is 1. The van der Waals surface area contributed by atoms with Crippen LogP contribution in [0.4, 0.5) is 5.13 Å². The number of aryl methyl sites for hydroxylation is 1. The Morgan fingerprint density at radius 1 is 1.21 bits per heavy atom. The fourth-order valence-corrected chi connectivity index (χ4v) is 4.57. The minimum Gasteiger partial charge on any atom is -0.494 e. The van der Waals surface area contributed by atoms with Gasteiger partial charge in [0.05, 0.1) is 6.61 Å². The van der Waals surface area contributed by atoms with Crippen molar-refractivity contribution in [1.29, 1.82) is 0 Å². The van der Waals surface area contributed by atoms with E-state index in [2.05, 4.69) is 27.6 Å². The topological polar surface area (TPSA) is 77.2 Å². The zero-order chi connectivity index (χ0) is 20.2. The third-order valence-corrected chi connectivity index (χ3v) is 6.30. The van der Waals surface area contributed by atoms with Gasteiger partial charge in [-0.3, -0.25) is 10.1 Å². The van der Waals surface area contributed by atoms with Gasteiger partial charge < -0.3 is 9.15 Å². The molecule has 148 valence electrons. The fraction of sp³-hybridized carbons (Fsp3) is 0.190. The summed E-state index contributed by atoms with van der Waals surface area (Å²) >= 11 is 2.93. The second kappa shape index (κ2) is 8.67. The summed E-state index contributed by atoms with van der Waals surface area (Å²) in [5, 5.41) is 12.3. The Morgan fingerprint density at radius 2 is 2.03 bits per heavy atom. The Hall–Kier alpha value is -2.84. The molecule has 0 aliphatic heterocycles. The number of hydrogen-bond acceptors (Lipinski definition) is 7. The van der Waals surface area contributed by atoms with Crippen LogP contribution < -0.4 is 10.1 Å². The van der Waals surface area contributed by atoms with E-state index in [1.54, 1.807) is 11.8 Å². The van der Waals surface area contributed by atoms with Gasteiger partial charge in [0.15, 0.2) is 10.1 Å². The average Bonchev–Trinajstić information content (AvgIpc) is 3.32. The third kappa shape index (κ3) is 4.44. The molecule has 1 amide bonds. The first-order valence-corrected chi connectivity index (χ1v) is 10.9. The van der Waals surface area contributed by atoms with Crippen molar-refractivity contribution in [2.45, 2.75) is 23.9 Å². The first-order valence-electron chi connectivity index (χ1n) is 9.11. The Balaban J connectivity index is 1.45. The summed E-state index contributed by atoms with van der Waals surface area (Å²) in [4.78, 5) is 12.7. The molecule has 4 rings (SSSR count). The summed E-state index contributed by atoms with van der Waals surface area (Å²) in [7, 11) is 0. The minimum atomic E-state index is -0.340. The van der Waals surface area contributed by atoms with Crippen molar-refractivity contribution in [3.05, 3.63) is 65.4 Å². The lowest BCUT2D eigenvalue weighted by Gasteiger charge is -2.01. The summed E-state index contributed by atoms with van der Waals surface area (Å²) in [6.07, 6.45) is 0. The zero-order valence-electron chi connectivity index (χ0n) is 16.0. The van der Waals surface area contributed by atoms with Gasteiger partial charge in [-0.2, -0.15) is 0 Å². The number of benzene rings is 2. The number of carbonyl (C=O) groups excluding carboxylic acids is 1. The van der Waals surface area contributed by atoms with Gasteiger partial charge in [0.25, 0.3) is 5.91 Å². The van der Waals surface area contributed by atoms with Crippen molar-refractivity contribution in [3.8, 4) is 5.75 Å². The summed E-state index contributed by atoms with van der Waals surface area (Å²) in [6, 6.07) is 15.7. The van der Waals surface area contributed by atoms with Gasteiger partial charge in [0.1, 0.15) is 11.3 Å². The van der Waals surface area contributed by atoms with E-state index in [1.807, 2.05) is 50.2 Å². The van der Waals surface area contributed by atoms with E-state index in [0.717, 1.165) is 26.8 Å². The molecule has 0 saturated heterocycles. The van der Waals surface area contributed by atoms with Crippen molar-refractivity contribution in [2.75, 3.05) is 11.9 Å². The van der Waals surface area contributed by atoms with Gasteiger partial charge in [-0.1, -0.05) is 53.4 Å².